The molecule has 0 amide bonds. The molecular formula is C14H15NO4S2. The smallest absolute Gasteiger partial charge is 0.336 e. The SMILES string of the molecule is Cc1ccc(C(C)NS(=O)(=O)c2cc(C(=O)O)cs2)cc1. The maximum absolute atomic E-state index is 12.2. The number of carboxylic acids is 1. The Morgan fingerprint density at radius 2 is 1.90 bits per heavy atom. The van der Waals surface area contributed by atoms with Gasteiger partial charge in [0, 0.05) is 11.4 Å². The van der Waals surface area contributed by atoms with E-state index in [1.807, 2.05) is 31.2 Å². The molecule has 112 valence electrons. The fourth-order valence-electron chi connectivity index (χ4n) is 1.78. The van der Waals surface area contributed by atoms with Gasteiger partial charge in [-0.1, -0.05) is 29.8 Å². The van der Waals surface area contributed by atoms with Gasteiger partial charge in [-0.05, 0) is 25.5 Å². The third-order valence-corrected chi connectivity index (χ3v) is 5.98. The van der Waals surface area contributed by atoms with E-state index in [2.05, 4.69) is 4.72 Å². The van der Waals surface area contributed by atoms with E-state index >= 15 is 0 Å². The molecule has 0 bridgehead atoms. The van der Waals surface area contributed by atoms with Gasteiger partial charge in [0.1, 0.15) is 4.21 Å². The summed E-state index contributed by atoms with van der Waals surface area (Å²) in [4.78, 5) is 10.8. The number of aromatic carboxylic acids is 1. The second-order valence-corrected chi connectivity index (χ2v) is 7.57. The average molecular weight is 325 g/mol. The molecule has 7 heteroatoms. The fourth-order valence-corrected chi connectivity index (χ4v) is 4.19. The number of hydrogen-bond donors (Lipinski definition) is 2. The Morgan fingerprint density at radius 3 is 2.43 bits per heavy atom. The normalized spacial score (nSPS) is 13.0. The van der Waals surface area contributed by atoms with Crippen molar-refractivity contribution in [3.63, 3.8) is 0 Å². The third kappa shape index (κ3) is 3.69. The zero-order chi connectivity index (χ0) is 15.6. The van der Waals surface area contributed by atoms with Gasteiger partial charge < -0.3 is 5.11 Å². The number of carboxylic acid groups (broad SMARTS) is 1. The maximum atomic E-state index is 12.2. The van der Waals surface area contributed by atoms with Gasteiger partial charge in [0.2, 0.25) is 0 Å². The zero-order valence-electron chi connectivity index (χ0n) is 11.5. The predicted molar refractivity (Wildman–Crippen MR) is 81.2 cm³/mol. The molecule has 0 radical (unpaired) electrons. The molecular weight excluding hydrogens is 310 g/mol. The van der Waals surface area contributed by atoms with Crippen molar-refractivity contribution in [1.82, 2.24) is 4.72 Å². The molecule has 0 aliphatic carbocycles. The van der Waals surface area contributed by atoms with E-state index in [0.29, 0.717) is 0 Å². The van der Waals surface area contributed by atoms with Crippen molar-refractivity contribution in [2.45, 2.75) is 24.1 Å². The summed E-state index contributed by atoms with van der Waals surface area (Å²) in [6.45, 7) is 3.70. The van der Waals surface area contributed by atoms with Gasteiger partial charge in [-0.25, -0.2) is 17.9 Å². The highest BCUT2D eigenvalue weighted by atomic mass is 32.2. The van der Waals surface area contributed by atoms with E-state index in [9.17, 15) is 13.2 Å². The van der Waals surface area contributed by atoms with Gasteiger partial charge >= 0.3 is 5.97 Å². The van der Waals surface area contributed by atoms with Crippen LogP contribution < -0.4 is 4.72 Å². The Balaban J connectivity index is 2.20. The van der Waals surface area contributed by atoms with E-state index in [1.165, 1.54) is 5.38 Å². The highest BCUT2D eigenvalue weighted by Crippen LogP contribution is 2.23. The van der Waals surface area contributed by atoms with E-state index in [4.69, 9.17) is 5.11 Å². The van der Waals surface area contributed by atoms with Crippen LogP contribution in [0.2, 0.25) is 0 Å². The van der Waals surface area contributed by atoms with Crippen LogP contribution in [0.3, 0.4) is 0 Å². The molecule has 0 aliphatic rings. The number of sulfonamides is 1. The monoisotopic (exact) mass is 325 g/mol. The van der Waals surface area contributed by atoms with Gasteiger partial charge in [0.15, 0.2) is 0 Å². The average Bonchev–Trinajstić information content (AvgIpc) is 2.89. The molecule has 1 heterocycles. The van der Waals surface area contributed by atoms with Crippen molar-refractivity contribution in [3.05, 3.63) is 52.4 Å². The third-order valence-electron chi connectivity index (χ3n) is 3.00. The number of hydrogen-bond acceptors (Lipinski definition) is 4. The van der Waals surface area contributed by atoms with E-state index in [0.717, 1.165) is 28.5 Å². The molecule has 0 fully saturated rings. The summed E-state index contributed by atoms with van der Waals surface area (Å²) >= 11 is 0.893. The molecule has 2 aromatic rings. The van der Waals surface area contributed by atoms with Crippen molar-refractivity contribution in [3.8, 4) is 0 Å². The summed E-state index contributed by atoms with van der Waals surface area (Å²) in [5.74, 6) is -1.14. The summed E-state index contributed by atoms with van der Waals surface area (Å²) in [7, 11) is -3.73. The maximum Gasteiger partial charge on any atom is 0.336 e. The molecule has 0 aliphatic heterocycles. The molecule has 2 N–H and O–H groups in total. The molecule has 0 saturated heterocycles. The highest BCUT2D eigenvalue weighted by Gasteiger charge is 2.21. The van der Waals surface area contributed by atoms with Crippen LogP contribution in [-0.4, -0.2) is 19.5 Å². The molecule has 0 saturated carbocycles. The van der Waals surface area contributed by atoms with E-state index in [1.54, 1.807) is 6.92 Å². The Labute approximate surface area is 127 Å². The van der Waals surface area contributed by atoms with Crippen LogP contribution in [0.25, 0.3) is 0 Å². The molecule has 1 aromatic carbocycles. The summed E-state index contributed by atoms with van der Waals surface area (Å²) < 4.78 is 27.0. The Morgan fingerprint density at radius 1 is 1.29 bits per heavy atom. The van der Waals surface area contributed by atoms with Gasteiger partial charge in [0.25, 0.3) is 10.0 Å². The summed E-state index contributed by atoms with van der Waals surface area (Å²) in [5.41, 5.74) is 1.92. The quantitative estimate of drug-likeness (QED) is 0.885. The van der Waals surface area contributed by atoms with Crippen molar-refractivity contribution in [2.24, 2.45) is 0 Å². The first-order valence-electron chi connectivity index (χ1n) is 6.20. The summed E-state index contributed by atoms with van der Waals surface area (Å²) in [5, 5.41) is 10.2. The zero-order valence-corrected chi connectivity index (χ0v) is 13.2. The second-order valence-electron chi connectivity index (χ2n) is 4.71. The standard InChI is InChI=1S/C14H15NO4S2/c1-9-3-5-11(6-4-9)10(2)15-21(18,19)13-7-12(8-20-13)14(16)17/h3-8,10,15H,1-2H3,(H,16,17). The topological polar surface area (TPSA) is 83.5 Å². The van der Waals surface area contributed by atoms with Crippen LogP contribution in [0.4, 0.5) is 0 Å². The first kappa shape index (κ1) is 15.7. The Kier molecular flexibility index (Phi) is 4.46. The first-order valence-corrected chi connectivity index (χ1v) is 8.56. The predicted octanol–water partition coefficient (Wildman–Crippen LogP) is 2.79. The Bertz CT molecular complexity index is 748. The summed E-state index contributed by atoms with van der Waals surface area (Å²) in [6.07, 6.45) is 0. The largest absolute Gasteiger partial charge is 0.478 e. The molecule has 2 rings (SSSR count). The van der Waals surface area contributed by atoms with Crippen LogP contribution in [0.5, 0.6) is 0 Å². The number of aryl methyl sites for hydroxylation is 1. The number of rotatable bonds is 5. The van der Waals surface area contributed by atoms with Crippen LogP contribution >= 0.6 is 11.3 Å². The van der Waals surface area contributed by atoms with Crippen LogP contribution in [0, 0.1) is 6.92 Å². The summed E-state index contributed by atoms with van der Waals surface area (Å²) in [6, 6.07) is 8.31. The van der Waals surface area contributed by atoms with Gasteiger partial charge in [-0.15, -0.1) is 11.3 Å². The van der Waals surface area contributed by atoms with Gasteiger partial charge in [-0.2, -0.15) is 0 Å². The van der Waals surface area contributed by atoms with Gasteiger partial charge in [-0.3, -0.25) is 0 Å². The van der Waals surface area contributed by atoms with Crippen molar-refractivity contribution in [1.29, 1.82) is 0 Å². The molecule has 1 atom stereocenters. The molecule has 1 aromatic heterocycles. The van der Waals surface area contributed by atoms with Crippen molar-refractivity contribution >= 4 is 27.3 Å². The van der Waals surface area contributed by atoms with Gasteiger partial charge in [0.05, 0.1) is 5.56 Å². The molecule has 0 spiro atoms. The van der Waals surface area contributed by atoms with Crippen LogP contribution in [-0.2, 0) is 10.0 Å². The number of thiophene rings is 1. The lowest BCUT2D eigenvalue weighted by atomic mass is 10.1. The van der Waals surface area contributed by atoms with E-state index < -0.39 is 22.0 Å². The van der Waals surface area contributed by atoms with Crippen LogP contribution in [0.15, 0.2) is 39.9 Å². The fraction of sp³-hybridized carbons (Fsp3) is 0.214. The molecule has 21 heavy (non-hydrogen) atoms. The lowest BCUT2D eigenvalue weighted by molar-refractivity contribution is 0.0697. The minimum atomic E-state index is -3.73. The Hall–Kier alpha value is -1.70. The molecule has 5 nitrogen and oxygen atoms in total. The first-order chi connectivity index (χ1) is 9.79. The second kappa shape index (κ2) is 5.97. The minimum absolute atomic E-state index is 0.00105. The lowest BCUT2D eigenvalue weighted by Gasteiger charge is -2.14. The minimum Gasteiger partial charge on any atom is -0.478 e. The van der Waals surface area contributed by atoms with Crippen molar-refractivity contribution in [2.75, 3.05) is 0 Å². The van der Waals surface area contributed by atoms with E-state index in [-0.39, 0.29) is 9.77 Å². The van der Waals surface area contributed by atoms with Crippen LogP contribution in [0.1, 0.15) is 34.5 Å². The molecule has 1 unspecified atom stereocenters. The number of benzene rings is 1. The lowest BCUT2D eigenvalue weighted by Crippen LogP contribution is -2.26. The number of nitrogens with one attached hydrogen (secondary N) is 1. The number of carbonyl (C=O) groups is 1. The highest BCUT2D eigenvalue weighted by molar-refractivity contribution is 7.91. The van der Waals surface area contributed by atoms with Crippen molar-refractivity contribution < 1.29 is 18.3 Å².